The Balaban J connectivity index is 3.18. The fourth-order valence-electron chi connectivity index (χ4n) is 0.574. The van der Waals surface area contributed by atoms with Crippen LogP contribution in [-0.2, 0) is 19.0 Å². The van der Waals surface area contributed by atoms with Crippen LogP contribution >= 0.6 is 0 Å². The zero-order valence-electron chi connectivity index (χ0n) is 7.41. The average molecular weight is 174 g/mol. The Hall–Kier alpha value is -1.03. The Bertz CT molecular complexity index is 144. The molecule has 0 aromatic rings. The van der Waals surface area contributed by atoms with Crippen LogP contribution in [0.1, 0.15) is 13.8 Å². The summed E-state index contributed by atoms with van der Waals surface area (Å²) in [4.78, 5) is 10.3. The number of ether oxygens (including phenoxy) is 3. The molecule has 0 saturated heterocycles. The second-order valence-corrected chi connectivity index (χ2v) is 2.08. The van der Waals surface area contributed by atoms with Crippen molar-refractivity contribution >= 4 is 5.97 Å². The first kappa shape index (κ1) is 11.0. The van der Waals surface area contributed by atoms with Crippen LogP contribution < -0.4 is 0 Å². The van der Waals surface area contributed by atoms with Gasteiger partial charge in [-0.05, 0) is 6.92 Å². The number of hydrogen-bond donors (Lipinski definition) is 0. The molecule has 0 aromatic carbocycles. The average Bonchev–Trinajstić information content (AvgIpc) is 1.98. The van der Waals surface area contributed by atoms with Crippen molar-refractivity contribution in [1.29, 1.82) is 0 Å². The lowest BCUT2D eigenvalue weighted by molar-refractivity contribution is -0.147. The molecule has 1 atom stereocenters. The molecule has 1 unspecified atom stereocenters. The molecule has 4 nitrogen and oxygen atoms in total. The van der Waals surface area contributed by atoms with E-state index in [0.29, 0.717) is 6.61 Å². The highest BCUT2D eigenvalue weighted by molar-refractivity contribution is 5.65. The van der Waals surface area contributed by atoms with Gasteiger partial charge in [0.2, 0.25) is 0 Å². The summed E-state index contributed by atoms with van der Waals surface area (Å²) in [7, 11) is 0. The van der Waals surface area contributed by atoms with Crippen molar-refractivity contribution in [3.63, 3.8) is 0 Å². The van der Waals surface area contributed by atoms with Gasteiger partial charge in [0.25, 0.3) is 0 Å². The van der Waals surface area contributed by atoms with Crippen LogP contribution in [0, 0.1) is 0 Å². The van der Waals surface area contributed by atoms with E-state index in [2.05, 4.69) is 11.3 Å². The highest BCUT2D eigenvalue weighted by Gasteiger charge is 1.99. The summed E-state index contributed by atoms with van der Waals surface area (Å²) in [5.41, 5.74) is 0. The molecule has 0 saturated carbocycles. The van der Waals surface area contributed by atoms with E-state index in [1.165, 1.54) is 13.2 Å². The van der Waals surface area contributed by atoms with Crippen molar-refractivity contribution in [2.45, 2.75) is 20.1 Å². The van der Waals surface area contributed by atoms with Crippen molar-refractivity contribution in [3.05, 3.63) is 12.8 Å². The van der Waals surface area contributed by atoms with E-state index in [1.54, 1.807) is 6.92 Å². The third-order valence-corrected chi connectivity index (χ3v) is 1.03. The fraction of sp³-hybridized carbons (Fsp3) is 0.625. The standard InChI is InChI=1S/C8H14O4/c1-4-10-8(3)12-6-5-11-7(2)9/h4,8H,1,5-6H2,2-3H3. The lowest BCUT2D eigenvalue weighted by Crippen LogP contribution is -2.15. The summed E-state index contributed by atoms with van der Waals surface area (Å²) in [5.74, 6) is -0.309. The molecule has 0 aliphatic heterocycles. The second kappa shape index (κ2) is 6.67. The van der Waals surface area contributed by atoms with E-state index in [4.69, 9.17) is 9.47 Å². The number of carbonyl (C=O) groups is 1. The summed E-state index contributed by atoms with van der Waals surface area (Å²) in [6.45, 7) is 7.03. The van der Waals surface area contributed by atoms with Gasteiger partial charge in [0, 0.05) is 6.92 Å². The largest absolute Gasteiger partial charge is 0.473 e. The molecular formula is C8H14O4. The van der Waals surface area contributed by atoms with Crippen LogP contribution in [0.3, 0.4) is 0 Å². The minimum Gasteiger partial charge on any atom is -0.473 e. The predicted molar refractivity (Wildman–Crippen MR) is 43.3 cm³/mol. The molecule has 12 heavy (non-hydrogen) atoms. The lowest BCUT2D eigenvalue weighted by Gasteiger charge is -2.11. The fourth-order valence-corrected chi connectivity index (χ4v) is 0.574. The molecule has 0 heterocycles. The van der Waals surface area contributed by atoms with Crippen molar-refractivity contribution in [2.24, 2.45) is 0 Å². The third-order valence-electron chi connectivity index (χ3n) is 1.03. The zero-order chi connectivity index (χ0) is 9.40. The van der Waals surface area contributed by atoms with Gasteiger partial charge in [0.15, 0.2) is 6.29 Å². The normalized spacial score (nSPS) is 11.8. The van der Waals surface area contributed by atoms with Crippen LogP contribution in [0.5, 0.6) is 0 Å². The minimum atomic E-state index is -0.349. The van der Waals surface area contributed by atoms with Crippen LogP contribution in [0.2, 0.25) is 0 Å². The Morgan fingerprint density at radius 1 is 1.58 bits per heavy atom. The van der Waals surface area contributed by atoms with Crippen LogP contribution in [0.15, 0.2) is 12.8 Å². The van der Waals surface area contributed by atoms with Gasteiger partial charge >= 0.3 is 5.97 Å². The molecule has 0 radical (unpaired) electrons. The molecule has 0 aromatic heterocycles. The van der Waals surface area contributed by atoms with Gasteiger partial charge in [-0.15, -0.1) is 0 Å². The summed E-state index contributed by atoms with van der Waals surface area (Å²) in [5, 5.41) is 0. The molecule has 4 heteroatoms. The zero-order valence-corrected chi connectivity index (χ0v) is 7.41. The summed E-state index contributed by atoms with van der Waals surface area (Å²) in [6, 6.07) is 0. The van der Waals surface area contributed by atoms with Crippen molar-refractivity contribution in [2.75, 3.05) is 13.2 Å². The first-order chi connectivity index (χ1) is 5.66. The van der Waals surface area contributed by atoms with E-state index in [9.17, 15) is 4.79 Å². The number of hydrogen-bond acceptors (Lipinski definition) is 4. The Labute approximate surface area is 72.1 Å². The molecule has 0 aliphatic carbocycles. The summed E-state index contributed by atoms with van der Waals surface area (Å²) in [6.07, 6.45) is 0.953. The third kappa shape index (κ3) is 7.08. The smallest absolute Gasteiger partial charge is 0.302 e. The maximum absolute atomic E-state index is 10.3. The second-order valence-electron chi connectivity index (χ2n) is 2.08. The van der Waals surface area contributed by atoms with Gasteiger partial charge < -0.3 is 14.2 Å². The quantitative estimate of drug-likeness (QED) is 0.261. The Morgan fingerprint density at radius 2 is 2.25 bits per heavy atom. The van der Waals surface area contributed by atoms with Crippen LogP contribution in [0.25, 0.3) is 0 Å². The van der Waals surface area contributed by atoms with Crippen LogP contribution in [-0.4, -0.2) is 25.5 Å². The molecule has 0 amide bonds. The van der Waals surface area contributed by atoms with Crippen molar-refractivity contribution in [3.8, 4) is 0 Å². The van der Waals surface area contributed by atoms with Gasteiger partial charge in [-0.3, -0.25) is 4.79 Å². The van der Waals surface area contributed by atoms with E-state index < -0.39 is 0 Å². The molecular weight excluding hydrogens is 160 g/mol. The summed E-state index contributed by atoms with van der Waals surface area (Å²) < 4.78 is 14.5. The predicted octanol–water partition coefficient (Wildman–Crippen LogP) is 1.07. The number of carbonyl (C=O) groups excluding carboxylic acids is 1. The van der Waals surface area contributed by atoms with E-state index in [-0.39, 0.29) is 18.9 Å². The highest BCUT2D eigenvalue weighted by atomic mass is 16.7. The molecule has 0 N–H and O–H groups in total. The molecule has 0 bridgehead atoms. The van der Waals surface area contributed by atoms with Crippen LogP contribution in [0.4, 0.5) is 0 Å². The molecule has 0 rings (SSSR count). The minimum absolute atomic E-state index is 0.250. The van der Waals surface area contributed by atoms with Gasteiger partial charge in [-0.2, -0.15) is 0 Å². The van der Waals surface area contributed by atoms with Crippen molar-refractivity contribution in [1.82, 2.24) is 0 Å². The first-order valence-corrected chi connectivity index (χ1v) is 3.68. The molecule has 70 valence electrons. The number of esters is 1. The van der Waals surface area contributed by atoms with E-state index >= 15 is 0 Å². The maximum Gasteiger partial charge on any atom is 0.302 e. The molecule has 0 fully saturated rings. The Morgan fingerprint density at radius 3 is 2.75 bits per heavy atom. The van der Waals surface area contributed by atoms with E-state index in [0.717, 1.165) is 0 Å². The van der Waals surface area contributed by atoms with Gasteiger partial charge in [-0.25, -0.2) is 0 Å². The SMILES string of the molecule is C=COC(C)OCCOC(C)=O. The first-order valence-electron chi connectivity index (χ1n) is 3.68. The Kier molecular flexibility index (Phi) is 6.09. The monoisotopic (exact) mass is 174 g/mol. The maximum atomic E-state index is 10.3. The molecule has 0 aliphatic rings. The summed E-state index contributed by atoms with van der Waals surface area (Å²) >= 11 is 0. The van der Waals surface area contributed by atoms with Crippen molar-refractivity contribution < 1.29 is 19.0 Å². The molecule has 0 spiro atoms. The lowest BCUT2D eigenvalue weighted by atomic mass is 10.7. The van der Waals surface area contributed by atoms with Gasteiger partial charge in [0.1, 0.15) is 6.61 Å². The topological polar surface area (TPSA) is 44.8 Å². The van der Waals surface area contributed by atoms with Gasteiger partial charge in [0.05, 0.1) is 12.9 Å². The number of rotatable bonds is 6. The van der Waals surface area contributed by atoms with E-state index in [1.807, 2.05) is 0 Å². The van der Waals surface area contributed by atoms with Gasteiger partial charge in [-0.1, -0.05) is 6.58 Å². The highest BCUT2D eigenvalue weighted by Crippen LogP contribution is 1.92.